The predicted molar refractivity (Wildman–Crippen MR) is 78.6 cm³/mol. The standard InChI is InChI=1S/C17H15NO2/c1-18-16(14-10-6-3-7-11-14)15(17(19)20-18)12-13-8-4-2-5-9-13/h2-11H,12H2,1H3. The Labute approximate surface area is 117 Å². The van der Waals surface area contributed by atoms with E-state index in [1.807, 2.05) is 60.7 Å². The number of aromatic nitrogens is 1. The van der Waals surface area contributed by atoms with Gasteiger partial charge in [-0.15, -0.1) is 0 Å². The second-order valence-corrected chi connectivity index (χ2v) is 4.73. The molecule has 0 bridgehead atoms. The molecule has 0 aliphatic carbocycles. The summed E-state index contributed by atoms with van der Waals surface area (Å²) < 4.78 is 6.78. The number of hydrogen-bond acceptors (Lipinski definition) is 2. The number of hydrogen-bond donors (Lipinski definition) is 0. The summed E-state index contributed by atoms with van der Waals surface area (Å²) in [5.74, 6) is 0. The third kappa shape index (κ3) is 2.30. The van der Waals surface area contributed by atoms with E-state index in [-0.39, 0.29) is 5.63 Å². The van der Waals surface area contributed by atoms with Crippen molar-refractivity contribution in [2.75, 3.05) is 0 Å². The van der Waals surface area contributed by atoms with Gasteiger partial charge in [0.25, 0.3) is 0 Å². The fourth-order valence-electron chi connectivity index (χ4n) is 2.42. The first-order valence-corrected chi connectivity index (χ1v) is 6.54. The molecule has 3 heteroatoms. The van der Waals surface area contributed by atoms with E-state index in [2.05, 4.69) is 0 Å². The molecule has 3 rings (SSSR count). The van der Waals surface area contributed by atoms with Crippen LogP contribution in [-0.4, -0.2) is 4.74 Å². The minimum absolute atomic E-state index is 0.268. The van der Waals surface area contributed by atoms with Gasteiger partial charge in [-0.2, -0.15) is 0 Å². The molecule has 1 heterocycles. The summed E-state index contributed by atoms with van der Waals surface area (Å²) in [6.45, 7) is 0. The third-order valence-corrected chi connectivity index (χ3v) is 3.34. The highest BCUT2D eigenvalue weighted by Crippen LogP contribution is 2.23. The van der Waals surface area contributed by atoms with Gasteiger partial charge in [-0.3, -0.25) is 0 Å². The molecule has 20 heavy (non-hydrogen) atoms. The molecule has 0 aliphatic heterocycles. The van der Waals surface area contributed by atoms with E-state index >= 15 is 0 Å². The van der Waals surface area contributed by atoms with Crippen LogP contribution in [0.3, 0.4) is 0 Å². The van der Waals surface area contributed by atoms with Crippen molar-refractivity contribution >= 4 is 0 Å². The molecular weight excluding hydrogens is 250 g/mol. The maximum Gasteiger partial charge on any atom is 0.361 e. The lowest BCUT2D eigenvalue weighted by atomic mass is 10.0. The lowest BCUT2D eigenvalue weighted by Gasteiger charge is -2.04. The van der Waals surface area contributed by atoms with Crippen molar-refractivity contribution in [3.05, 3.63) is 82.2 Å². The molecule has 0 saturated carbocycles. The van der Waals surface area contributed by atoms with Gasteiger partial charge in [0, 0.05) is 19.0 Å². The van der Waals surface area contributed by atoms with Crippen LogP contribution in [-0.2, 0) is 13.5 Å². The number of benzene rings is 2. The lowest BCUT2D eigenvalue weighted by Crippen LogP contribution is -2.03. The van der Waals surface area contributed by atoms with Crippen LogP contribution < -0.4 is 5.63 Å². The summed E-state index contributed by atoms with van der Waals surface area (Å²) in [5, 5.41) is 0. The van der Waals surface area contributed by atoms with E-state index in [4.69, 9.17) is 4.52 Å². The molecule has 0 unspecified atom stereocenters. The predicted octanol–water partition coefficient (Wildman–Crippen LogP) is 3.24. The SMILES string of the molecule is Cn1oc(=O)c(Cc2ccccc2)c1-c1ccccc1. The minimum atomic E-state index is -0.268. The molecule has 0 N–H and O–H groups in total. The smallest absolute Gasteiger partial charge is 0.336 e. The van der Waals surface area contributed by atoms with Gasteiger partial charge in [-0.05, 0) is 5.56 Å². The Morgan fingerprint density at radius 3 is 2.20 bits per heavy atom. The van der Waals surface area contributed by atoms with Crippen molar-refractivity contribution in [2.24, 2.45) is 7.05 Å². The van der Waals surface area contributed by atoms with Crippen LogP contribution in [0.1, 0.15) is 11.1 Å². The third-order valence-electron chi connectivity index (χ3n) is 3.34. The van der Waals surface area contributed by atoms with Crippen LogP contribution in [0.5, 0.6) is 0 Å². The first-order valence-electron chi connectivity index (χ1n) is 6.54. The second-order valence-electron chi connectivity index (χ2n) is 4.73. The molecular formula is C17H15NO2. The number of rotatable bonds is 3. The monoisotopic (exact) mass is 265 g/mol. The van der Waals surface area contributed by atoms with Crippen molar-refractivity contribution in [1.29, 1.82) is 0 Å². The lowest BCUT2D eigenvalue weighted by molar-refractivity contribution is 0.288. The van der Waals surface area contributed by atoms with Crippen molar-refractivity contribution in [2.45, 2.75) is 6.42 Å². The zero-order chi connectivity index (χ0) is 13.9. The van der Waals surface area contributed by atoms with Gasteiger partial charge in [0.2, 0.25) is 0 Å². The molecule has 3 nitrogen and oxygen atoms in total. The van der Waals surface area contributed by atoms with Crippen LogP contribution >= 0.6 is 0 Å². The normalized spacial score (nSPS) is 10.7. The zero-order valence-electron chi connectivity index (χ0n) is 11.2. The van der Waals surface area contributed by atoms with Crippen molar-refractivity contribution < 1.29 is 4.52 Å². The summed E-state index contributed by atoms with van der Waals surface area (Å²) in [5.41, 5.74) is 3.37. The van der Waals surface area contributed by atoms with Gasteiger partial charge in [-0.25, -0.2) is 9.53 Å². The summed E-state index contributed by atoms with van der Waals surface area (Å²) in [6, 6.07) is 19.8. The first-order chi connectivity index (χ1) is 9.75. The van der Waals surface area contributed by atoms with Gasteiger partial charge in [-0.1, -0.05) is 60.7 Å². The molecule has 2 aromatic carbocycles. The molecule has 0 amide bonds. The Hall–Kier alpha value is -2.55. The van der Waals surface area contributed by atoms with Gasteiger partial charge in [0.05, 0.1) is 11.3 Å². The fourth-order valence-corrected chi connectivity index (χ4v) is 2.42. The molecule has 0 radical (unpaired) electrons. The Bertz CT molecular complexity index is 755. The van der Waals surface area contributed by atoms with Gasteiger partial charge in [0.15, 0.2) is 0 Å². The van der Waals surface area contributed by atoms with Crippen LogP contribution in [0, 0.1) is 0 Å². The van der Waals surface area contributed by atoms with Gasteiger partial charge in [0.1, 0.15) is 0 Å². The molecule has 3 aromatic rings. The fraction of sp³-hybridized carbons (Fsp3) is 0.118. The van der Waals surface area contributed by atoms with Crippen LogP contribution in [0.25, 0.3) is 11.3 Å². The maximum absolute atomic E-state index is 12.1. The topological polar surface area (TPSA) is 35.1 Å². The zero-order valence-corrected chi connectivity index (χ0v) is 11.2. The highest BCUT2D eigenvalue weighted by atomic mass is 16.5. The number of nitrogens with zero attached hydrogens (tertiary/aromatic N) is 1. The van der Waals surface area contributed by atoms with Crippen molar-refractivity contribution in [3.8, 4) is 11.3 Å². The number of aryl methyl sites for hydroxylation is 1. The summed E-state index contributed by atoms with van der Waals surface area (Å²) >= 11 is 0. The van der Waals surface area contributed by atoms with Crippen LogP contribution in [0.15, 0.2) is 70.0 Å². The Balaban J connectivity index is 2.10. The summed E-state index contributed by atoms with van der Waals surface area (Å²) in [6.07, 6.45) is 0.578. The molecule has 0 fully saturated rings. The molecule has 0 atom stereocenters. The van der Waals surface area contributed by atoms with Crippen LogP contribution in [0.4, 0.5) is 0 Å². The Morgan fingerprint density at radius 2 is 1.55 bits per heavy atom. The van der Waals surface area contributed by atoms with E-state index < -0.39 is 0 Å². The quantitative estimate of drug-likeness (QED) is 0.728. The largest absolute Gasteiger partial charge is 0.361 e. The maximum atomic E-state index is 12.1. The van der Waals surface area contributed by atoms with Gasteiger partial charge >= 0.3 is 5.63 Å². The van der Waals surface area contributed by atoms with E-state index in [1.54, 1.807) is 11.8 Å². The molecule has 1 aromatic heterocycles. The second kappa shape index (κ2) is 5.21. The van der Waals surface area contributed by atoms with Crippen LogP contribution in [0.2, 0.25) is 0 Å². The van der Waals surface area contributed by atoms with E-state index in [9.17, 15) is 4.79 Å². The highest BCUT2D eigenvalue weighted by molar-refractivity contribution is 5.63. The van der Waals surface area contributed by atoms with Crippen molar-refractivity contribution in [1.82, 2.24) is 4.74 Å². The molecule has 100 valence electrons. The molecule has 0 saturated heterocycles. The Morgan fingerprint density at radius 1 is 0.950 bits per heavy atom. The van der Waals surface area contributed by atoms with E-state index in [1.165, 1.54) is 0 Å². The minimum Gasteiger partial charge on any atom is -0.336 e. The molecule has 0 aliphatic rings. The van der Waals surface area contributed by atoms with E-state index in [0.717, 1.165) is 16.8 Å². The van der Waals surface area contributed by atoms with Crippen molar-refractivity contribution in [3.63, 3.8) is 0 Å². The highest BCUT2D eigenvalue weighted by Gasteiger charge is 2.17. The average molecular weight is 265 g/mol. The van der Waals surface area contributed by atoms with Gasteiger partial charge < -0.3 is 4.52 Å². The summed E-state index contributed by atoms with van der Waals surface area (Å²) in [7, 11) is 1.76. The van der Waals surface area contributed by atoms with E-state index in [0.29, 0.717) is 12.0 Å². The average Bonchev–Trinajstić information content (AvgIpc) is 2.75. The summed E-state index contributed by atoms with van der Waals surface area (Å²) in [4.78, 5) is 12.1. The Kier molecular flexibility index (Phi) is 3.25. The molecule has 0 spiro atoms. The first kappa shape index (κ1) is 12.5.